The van der Waals surface area contributed by atoms with Gasteiger partial charge in [-0.25, -0.2) is 0 Å². The number of rotatable bonds is 2. The van der Waals surface area contributed by atoms with Gasteiger partial charge in [-0.3, -0.25) is 0 Å². The molecule has 0 aromatic heterocycles. The highest BCUT2D eigenvalue weighted by atomic mass is 16.8. The molecule has 6 nitrogen and oxygen atoms in total. The summed E-state index contributed by atoms with van der Waals surface area (Å²) in [4.78, 5) is 0. The Morgan fingerprint density at radius 3 is 2.77 bits per heavy atom. The van der Waals surface area contributed by atoms with E-state index in [0.717, 1.165) is 0 Å². The number of epoxide rings is 1. The molecule has 2 fully saturated rings. The van der Waals surface area contributed by atoms with Crippen LogP contribution in [0, 0.1) is 0 Å². The molecular weight excluding hydrogens is 180 g/mol. The van der Waals surface area contributed by atoms with Gasteiger partial charge >= 0.3 is 0 Å². The van der Waals surface area contributed by atoms with Crippen molar-refractivity contribution >= 4 is 0 Å². The second-order valence-corrected chi connectivity index (χ2v) is 3.20. The Morgan fingerprint density at radius 1 is 1.54 bits per heavy atom. The van der Waals surface area contributed by atoms with Gasteiger partial charge in [0.2, 0.25) is 5.79 Å². The number of hydrogen-bond donors (Lipinski definition) is 3. The highest BCUT2D eigenvalue weighted by molar-refractivity contribution is 5.07. The average Bonchev–Trinajstić information content (AvgIpc) is 2.81. The number of aliphatic hydroxyl groups is 3. The minimum Gasteiger partial charge on any atom is -0.394 e. The van der Waals surface area contributed by atoms with Crippen LogP contribution in [0.25, 0.3) is 0 Å². The summed E-state index contributed by atoms with van der Waals surface area (Å²) in [7, 11) is 1.34. The van der Waals surface area contributed by atoms with Crippen molar-refractivity contribution in [2.24, 2.45) is 0 Å². The number of fused-ring (bicyclic) bond motifs is 1. The summed E-state index contributed by atoms with van der Waals surface area (Å²) in [5.74, 6) is -1.60. The van der Waals surface area contributed by atoms with E-state index in [1.807, 2.05) is 0 Å². The number of hydrogen-bond acceptors (Lipinski definition) is 6. The van der Waals surface area contributed by atoms with E-state index in [1.54, 1.807) is 0 Å². The first-order valence-corrected chi connectivity index (χ1v) is 4.01. The summed E-state index contributed by atoms with van der Waals surface area (Å²) >= 11 is 0. The summed E-state index contributed by atoms with van der Waals surface area (Å²) in [6, 6.07) is 0. The van der Waals surface area contributed by atoms with Crippen LogP contribution in [0.2, 0.25) is 0 Å². The Morgan fingerprint density at radius 2 is 2.23 bits per heavy atom. The fourth-order valence-corrected chi connectivity index (χ4v) is 1.59. The van der Waals surface area contributed by atoms with Crippen LogP contribution in [0.3, 0.4) is 0 Å². The molecule has 6 heteroatoms. The number of aliphatic hydroxyl groups excluding tert-OH is 2. The lowest BCUT2D eigenvalue weighted by Crippen LogP contribution is -2.53. The summed E-state index contributed by atoms with van der Waals surface area (Å²) in [5, 5.41) is 27.9. The zero-order chi connectivity index (χ0) is 9.64. The quantitative estimate of drug-likeness (QED) is 0.430. The fraction of sp³-hybridized carbons (Fsp3) is 1.00. The summed E-state index contributed by atoms with van der Waals surface area (Å²) in [5.41, 5.74) is 0. The predicted octanol–water partition coefficient (Wildman–Crippen LogP) is -2.20. The molecule has 0 bridgehead atoms. The molecule has 5 unspecified atom stereocenters. The normalized spacial score (nSPS) is 54.5. The minimum absolute atomic E-state index is 0.278. The Labute approximate surface area is 74.6 Å². The lowest BCUT2D eigenvalue weighted by atomic mass is 10.0. The van der Waals surface area contributed by atoms with Crippen molar-refractivity contribution in [2.75, 3.05) is 13.7 Å². The van der Waals surface area contributed by atoms with Gasteiger partial charge in [0.05, 0.1) is 6.61 Å². The molecule has 0 amide bonds. The molecule has 2 rings (SSSR count). The first-order chi connectivity index (χ1) is 6.13. The van der Waals surface area contributed by atoms with Gasteiger partial charge in [0, 0.05) is 7.11 Å². The van der Waals surface area contributed by atoms with Gasteiger partial charge in [-0.15, -0.1) is 0 Å². The van der Waals surface area contributed by atoms with Gasteiger partial charge in [-0.1, -0.05) is 0 Å². The Kier molecular flexibility index (Phi) is 2.06. The van der Waals surface area contributed by atoms with Crippen molar-refractivity contribution in [3.05, 3.63) is 0 Å². The van der Waals surface area contributed by atoms with Crippen molar-refractivity contribution in [2.45, 2.75) is 30.4 Å². The van der Waals surface area contributed by atoms with E-state index in [0.29, 0.717) is 0 Å². The van der Waals surface area contributed by atoms with Gasteiger partial charge in [0.25, 0.3) is 0 Å². The smallest absolute Gasteiger partial charge is 0.227 e. The molecule has 3 N–H and O–H groups in total. The molecule has 0 radical (unpaired) electrons. The minimum atomic E-state index is -1.60. The topological polar surface area (TPSA) is 91.7 Å². The molecule has 5 atom stereocenters. The van der Waals surface area contributed by atoms with Crippen LogP contribution < -0.4 is 0 Å². The zero-order valence-corrected chi connectivity index (χ0v) is 7.08. The van der Waals surface area contributed by atoms with Gasteiger partial charge in [-0.2, -0.15) is 0 Å². The lowest BCUT2D eigenvalue weighted by molar-refractivity contribution is -0.261. The predicted molar refractivity (Wildman–Crippen MR) is 38.6 cm³/mol. The highest BCUT2D eigenvalue weighted by Gasteiger charge is 2.70. The maximum Gasteiger partial charge on any atom is 0.227 e. The van der Waals surface area contributed by atoms with E-state index in [4.69, 9.17) is 19.3 Å². The van der Waals surface area contributed by atoms with Gasteiger partial charge in [-0.05, 0) is 0 Å². The first kappa shape index (κ1) is 9.32. The van der Waals surface area contributed by atoms with E-state index in [1.165, 1.54) is 7.11 Å². The molecule has 0 aromatic carbocycles. The van der Waals surface area contributed by atoms with Gasteiger partial charge in [0.1, 0.15) is 12.2 Å². The number of ether oxygens (including phenoxy) is 3. The molecule has 0 spiro atoms. The largest absolute Gasteiger partial charge is 0.394 e. The molecule has 0 aromatic rings. The third kappa shape index (κ3) is 1.18. The summed E-state index contributed by atoms with van der Waals surface area (Å²) in [6.07, 6.45) is -3.48. The molecular formula is C7H12O6. The van der Waals surface area contributed by atoms with E-state index in [-0.39, 0.29) is 6.61 Å². The molecule has 76 valence electrons. The highest BCUT2D eigenvalue weighted by Crippen LogP contribution is 2.45. The van der Waals surface area contributed by atoms with Gasteiger partial charge in [0.15, 0.2) is 12.4 Å². The van der Waals surface area contributed by atoms with Crippen molar-refractivity contribution in [3.8, 4) is 0 Å². The van der Waals surface area contributed by atoms with Crippen molar-refractivity contribution < 1.29 is 29.5 Å². The molecule has 2 heterocycles. The summed E-state index contributed by atoms with van der Waals surface area (Å²) in [6.45, 7) is -0.278. The van der Waals surface area contributed by atoms with Crippen LogP contribution in [0.4, 0.5) is 0 Å². The molecule has 0 aliphatic carbocycles. The fourth-order valence-electron chi connectivity index (χ4n) is 1.59. The van der Waals surface area contributed by atoms with E-state index in [2.05, 4.69) is 0 Å². The monoisotopic (exact) mass is 192 g/mol. The van der Waals surface area contributed by atoms with Crippen LogP contribution in [-0.4, -0.2) is 59.4 Å². The SMILES string of the molecule is COC1OC(CO)C2OC2(O)C1O. The first-order valence-electron chi connectivity index (χ1n) is 4.01. The van der Waals surface area contributed by atoms with Crippen LogP contribution in [-0.2, 0) is 14.2 Å². The number of methoxy groups -OCH3 is 1. The van der Waals surface area contributed by atoms with E-state index < -0.39 is 30.4 Å². The maximum atomic E-state index is 9.58. The average molecular weight is 192 g/mol. The van der Waals surface area contributed by atoms with Crippen LogP contribution >= 0.6 is 0 Å². The lowest BCUT2D eigenvalue weighted by Gasteiger charge is -2.31. The molecule has 2 aliphatic heterocycles. The van der Waals surface area contributed by atoms with Crippen molar-refractivity contribution in [3.63, 3.8) is 0 Å². The van der Waals surface area contributed by atoms with Crippen LogP contribution in [0.5, 0.6) is 0 Å². The third-order valence-corrected chi connectivity index (χ3v) is 2.41. The molecule has 0 saturated carbocycles. The Balaban J connectivity index is 2.11. The zero-order valence-electron chi connectivity index (χ0n) is 7.08. The molecule has 2 aliphatic rings. The second kappa shape index (κ2) is 2.88. The van der Waals surface area contributed by atoms with Crippen molar-refractivity contribution in [1.29, 1.82) is 0 Å². The van der Waals surface area contributed by atoms with Gasteiger partial charge < -0.3 is 29.5 Å². The molecule has 13 heavy (non-hydrogen) atoms. The van der Waals surface area contributed by atoms with Crippen molar-refractivity contribution in [1.82, 2.24) is 0 Å². The summed E-state index contributed by atoms with van der Waals surface area (Å²) < 4.78 is 14.7. The molecule has 2 saturated heterocycles. The standard InChI is InChI=1S/C7H12O6/c1-11-6-4(9)7(10)5(13-7)3(2-8)12-6/h3-6,8-10H,2H2,1H3. The van der Waals surface area contributed by atoms with E-state index in [9.17, 15) is 10.2 Å². The Hall–Kier alpha value is -0.240. The Bertz CT molecular complexity index is 209. The third-order valence-electron chi connectivity index (χ3n) is 2.41. The van der Waals surface area contributed by atoms with E-state index >= 15 is 0 Å². The van der Waals surface area contributed by atoms with Crippen LogP contribution in [0.1, 0.15) is 0 Å². The second-order valence-electron chi connectivity index (χ2n) is 3.20. The van der Waals surface area contributed by atoms with Crippen LogP contribution in [0.15, 0.2) is 0 Å². The maximum absolute atomic E-state index is 9.58.